The van der Waals surface area contributed by atoms with Gasteiger partial charge in [-0.3, -0.25) is 4.79 Å². The van der Waals surface area contributed by atoms with Gasteiger partial charge in [-0.25, -0.2) is 4.98 Å². The third-order valence-electron chi connectivity index (χ3n) is 8.27. The number of nitriles is 1. The van der Waals surface area contributed by atoms with Gasteiger partial charge in [0.05, 0.1) is 46.9 Å². The summed E-state index contributed by atoms with van der Waals surface area (Å²) in [6, 6.07) is 24.5. The average molecular weight is 586 g/mol. The van der Waals surface area contributed by atoms with E-state index in [0.29, 0.717) is 30.6 Å². The first kappa shape index (κ1) is 30.1. The molecule has 0 bridgehead atoms. The van der Waals surface area contributed by atoms with Crippen LogP contribution in [0.4, 0.5) is 13.2 Å². The molecule has 2 heterocycles. The van der Waals surface area contributed by atoms with Gasteiger partial charge in [-0.05, 0) is 61.2 Å². The van der Waals surface area contributed by atoms with E-state index in [4.69, 9.17) is 5.26 Å². The van der Waals surface area contributed by atoms with E-state index in [-0.39, 0.29) is 17.7 Å². The molecule has 1 fully saturated rings. The Bertz CT molecular complexity index is 1550. The van der Waals surface area contributed by atoms with E-state index in [1.807, 2.05) is 49.4 Å². The van der Waals surface area contributed by atoms with Crippen LogP contribution in [0.2, 0.25) is 0 Å². The first-order valence-electron chi connectivity index (χ1n) is 14.4. The standard InChI is InChI=1S/C34H34F3N5O/c1-33(31-20-39-23-40-31,18-24-12-14-25(19-38)15-13-24)41-32(43)28-10-6-16-42(21-28)22-30(26-7-3-2-4-8-26)27-9-5-11-29(17-27)34(35,36)37/h2-5,7-9,11-15,17,20,23,28,30H,6,10,16,18,21-22H2,1H3,(H,39,40)(H,41,43)/t28-,30?,33?/m0/s1. The summed E-state index contributed by atoms with van der Waals surface area (Å²) >= 11 is 0. The molecular weight excluding hydrogens is 551 g/mol. The highest BCUT2D eigenvalue weighted by Crippen LogP contribution is 2.34. The number of hydrogen-bond donors (Lipinski definition) is 2. The number of H-pyrrole nitrogens is 1. The number of amides is 1. The smallest absolute Gasteiger partial charge is 0.347 e. The van der Waals surface area contributed by atoms with E-state index < -0.39 is 17.3 Å². The summed E-state index contributed by atoms with van der Waals surface area (Å²) in [6.45, 7) is 3.72. The quantitative estimate of drug-likeness (QED) is 0.238. The minimum atomic E-state index is -4.43. The molecule has 5 rings (SSSR count). The predicted octanol–water partition coefficient (Wildman–Crippen LogP) is 6.42. The zero-order chi connectivity index (χ0) is 30.5. The molecule has 0 radical (unpaired) electrons. The topological polar surface area (TPSA) is 84.8 Å². The Labute approximate surface area is 249 Å². The van der Waals surface area contributed by atoms with E-state index in [0.717, 1.165) is 42.3 Å². The maximum absolute atomic E-state index is 13.8. The number of piperidine rings is 1. The van der Waals surface area contributed by atoms with Crippen molar-refractivity contribution in [1.82, 2.24) is 20.2 Å². The van der Waals surface area contributed by atoms with Crippen molar-refractivity contribution in [2.45, 2.75) is 43.8 Å². The van der Waals surface area contributed by atoms with Gasteiger partial charge in [0.2, 0.25) is 5.91 Å². The normalized spacial score (nSPS) is 17.9. The second kappa shape index (κ2) is 12.8. The van der Waals surface area contributed by atoms with Crippen molar-refractivity contribution >= 4 is 5.91 Å². The minimum Gasteiger partial charge on any atom is -0.347 e. The molecule has 1 saturated heterocycles. The van der Waals surface area contributed by atoms with Crippen molar-refractivity contribution in [2.24, 2.45) is 5.92 Å². The molecule has 3 atom stereocenters. The predicted molar refractivity (Wildman–Crippen MR) is 158 cm³/mol. The Balaban J connectivity index is 1.34. The van der Waals surface area contributed by atoms with Gasteiger partial charge in [0, 0.05) is 25.4 Å². The van der Waals surface area contributed by atoms with Gasteiger partial charge in [0.15, 0.2) is 0 Å². The van der Waals surface area contributed by atoms with Gasteiger partial charge < -0.3 is 15.2 Å². The SMILES string of the molecule is CC(Cc1ccc(C#N)cc1)(NC(=O)[C@H]1CCCN(CC(c2ccccc2)c2cccc(C(F)(F)F)c2)C1)c1cnc[nH]1. The van der Waals surface area contributed by atoms with Gasteiger partial charge in [0.25, 0.3) is 0 Å². The van der Waals surface area contributed by atoms with Crippen LogP contribution in [0.3, 0.4) is 0 Å². The Morgan fingerprint density at radius 2 is 1.84 bits per heavy atom. The number of halogens is 3. The highest BCUT2D eigenvalue weighted by molar-refractivity contribution is 5.80. The molecule has 2 unspecified atom stereocenters. The number of aromatic amines is 1. The summed E-state index contributed by atoms with van der Waals surface area (Å²) in [5.74, 6) is -0.641. The molecule has 1 aromatic heterocycles. The fourth-order valence-electron chi connectivity index (χ4n) is 5.96. The van der Waals surface area contributed by atoms with Crippen LogP contribution >= 0.6 is 0 Å². The molecule has 1 aliphatic heterocycles. The van der Waals surface area contributed by atoms with Crippen molar-refractivity contribution in [3.63, 3.8) is 0 Å². The van der Waals surface area contributed by atoms with Gasteiger partial charge >= 0.3 is 6.18 Å². The Hall–Kier alpha value is -4.42. The molecule has 9 heteroatoms. The van der Waals surface area contributed by atoms with E-state index in [1.165, 1.54) is 12.1 Å². The third kappa shape index (κ3) is 7.33. The highest BCUT2D eigenvalue weighted by atomic mass is 19.4. The van der Waals surface area contributed by atoms with E-state index >= 15 is 0 Å². The van der Waals surface area contributed by atoms with Crippen LogP contribution in [-0.2, 0) is 22.9 Å². The summed E-state index contributed by atoms with van der Waals surface area (Å²) in [5.41, 5.74) is 2.40. The van der Waals surface area contributed by atoms with Crippen molar-refractivity contribution in [1.29, 1.82) is 5.26 Å². The number of benzene rings is 3. The van der Waals surface area contributed by atoms with Crippen molar-refractivity contribution in [2.75, 3.05) is 19.6 Å². The zero-order valence-corrected chi connectivity index (χ0v) is 23.9. The number of carbonyl (C=O) groups is 1. The number of hydrogen-bond acceptors (Lipinski definition) is 4. The summed E-state index contributed by atoms with van der Waals surface area (Å²) in [5, 5.41) is 12.4. The molecule has 43 heavy (non-hydrogen) atoms. The number of imidazole rings is 1. The van der Waals surface area contributed by atoms with Crippen LogP contribution in [0.5, 0.6) is 0 Å². The number of carbonyl (C=O) groups excluding carboxylic acids is 1. The Morgan fingerprint density at radius 1 is 1.09 bits per heavy atom. The highest BCUT2D eigenvalue weighted by Gasteiger charge is 2.36. The van der Waals surface area contributed by atoms with Crippen molar-refractivity contribution in [3.05, 3.63) is 125 Å². The number of likely N-dealkylation sites (tertiary alicyclic amines) is 1. The molecule has 0 saturated carbocycles. The van der Waals surface area contributed by atoms with Crippen molar-refractivity contribution < 1.29 is 18.0 Å². The van der Waals surface area contributed by atoms with Crippen LogP contribution in [-0.4, -0.2) is 40.4 Å². The lowest BCUT2D eigenvalue weighted by molar-refractivity contribution is -0.137. The van der Waals surface area contributed by atoms with Gasteiger partial charge in [-0.1, -0.05) is 60.7 Å². The van der Waals surface area contributed by atoms with E-state index in [2.05, 4.69) is 26.3 Å². The number of aromatic nitrogens is 2. The van der Waals surface area contributed by atoms with Gasteiger partial charge in [0.1, 0.15) is 0 Å². The second-order valence-electron chi connectivity index (χ2n) is 11.5. The number of alkyl halides is 3. The lowest BCUT2D eigenvalue weighted by Crippen LogP contribution is -2.51. The average Bonchev–Trinajstić information content (AvgIpc) is 3.57. The molecule has 0 spiro atoms. The summed E-state index contributed by atoms with van der Waals surface area (Å²) in [7, 11) is 0. The van der Waals surface area contributed by atoms with Crippen LogP contribution in [0, 0.1) is 17.2 Å². The maximum Gasteiger partial charge on any atom is 0.416 e. The zero-order valence-electron chi connectivity index (χ0n) is 23.9. The fraction of sp³-hybridized carbons (Fsp3) is 0.324. The van der Waals surface area contributed by atoms with Crippen LogP contribution < -0.4 is 5.32 Å². The largest absolute Gasteiger partial charge is 0.416 e. The molecular formula is C34H34F3N5O. The maximum atomic E-state index is 13.8. The fourth-order valence-corrected chi connectivity index (χ4v) is 5.96. The van der Waals surface area contributed by atoms with Crippen LogP contribution in [0.15, 0.2) is 91.4 Å². The molecule has 222 valence electrons. The molecule has 2 N–H and O–H groups in total. The van der Waals surface area contributed by atoms with Crippen LogP contribution in [0.25, 0.3) is 0 Å². The molecule has 6 nitrogen and oxygen atoms in total. The van der Waals surface area contributed by atoms with Crippen molar-refractivity contribution in [3.8, 4) is 6.07 Å². The second-order valence-corrected chi connectivity index (χ2v) is 11.5. The lowest BCUT2D eigenvalue weighted by atomic mass is 9.86. The minimum absolute atomic E-state index is 0.0780. The van der Waals surface area contributed by atoms with Gasteiger partial charge in [-0.2, -0.15) is 18.4 Å². The Kier molecular flexibility index (Phi) is 8.97. The first-order valence-corrected chi connectivity index (χ1v) is 14.4. The molecule has 3 aromatic carbocycles. The molecule has 1 amide bonds. The monoisotopic (exact) mass is 585 g/mol. The first-order chi connectivity index (χ1) is 20.6. The number of nitrogens with zero attached hydrogens (tertiary/aromatic N) is 3. The van der Waals surface area contributed by atoms with Crippen LogP contribution in [0.1, 0.15) is 59.2 Å². The number of nitrogens with one attached hydrogen (secondary N) is 2. The van der Waals surface area contributed by atoms with Gasteiger partial charge in [-0.15, -0.1) is 0 Å². The summed E-state index contributed by atoms with van der Waals surface area (Å²) in [4.78, 5) is 23.3. The lowest BCUT2D eigenvalue weighted by Gasteiger charge is -2.37. The third-order valence-corrected chi connectivity index (χ3v) is 8.27. The van der Waals surface area contributed by atoms with E-state index in [1.54, 1.807) is 30.7 Å². The molecule has 0 aliphatic carbocycles. The Morgan fingerprint density at radius 3 is 2.51 bits per heavy atom. The summed E-state index contributed by atoms with van der Waals surface area (Å²) < 4.78 is 40.7. The number of rotatable bonds is 9. The summed E-state index contributed by atoms with van der Waals surface area (Å²) in [6.07, 6.45) is 0.880. The molecule has 4 aromatic rings. The van der Waals surface area contributed by atoms with E-state index in [9.17, 15) is 18.0 Å². The molecule has 1 aliphatic rings.